The normalized spacial score (nSPS) is 29.2. The van der Waals surface area contributed by atoms with Gasteiger partial charge in [-0.05, 0) is 30.4 Å². The van der Waals surface area contributed by atoms with Crippen LogP contribution in [0.25, 0.3) is 0 Å². The van der Waals surface area contributed by atoms with Crippen LogP contribution in [0, 0.1) is 0 Å². The molecular weight excluding hydrogens is 226 g/mol. The van der Waals surface area contributed by atoms with Crippen molar-refractivity contribution < 1.29 is 0 Å². The number of benzene rings is 1. The average Bonchev–Trinajstić information content (AvgIpc) is 2.68. The van der Waals surface area contributed by atoms with Crippen LogP contribution in [0.4, 0.5) is 0 Å². The van der Waals surface area contributed by atoms with E-state index >= 15 is 0 Å². The highest BCUT2D eigenvalue weighted by Crippen LogP contribution is 2.41. The summed E-state index contributed by atoms with van der Waals surface area (Å²) in [5.74, 6) is 0. The second-order valence-electron chi connectivity index (χ2n) is 5.36. The lowest BCUT2D eigenvalue weighted by molar-refractivity contribution is 0.513. The number of hydrogen-bond acceptors (Lipinski definition) is 2. The topological polar surface area (TPSA) is 26.0 Å². The van der Waals surface area contributed by atoms with Gasteiger partial charge in [0.05, 0.1) is 0 Å². The van der Waals surface area contributed by atoms with E-state index in [0.717, 1.165) is 5.25 Å². The SMILES string of the molecule is NC1c2ccccc2CC1SC1CCCCC1. The van der Waals surface area contributed by atoms with Crippen LogP contribution in [-0.2, 0) is 6.42 Å². The summed E-state index contributed by atoms with van der Waals surface area (Å²) in [6, 6.07) is 8.97. The van der Waals surface area contributed by atoms with Crippen molar-refractivity contribution in [1.29, 1.82) is 0 Å². The minimum absolute atomic E-state index is 0.262. The van der Waals surface area contributed by atoms with E-state index in [0.29, 0.717) is 5.25 Å². The van der Waals surface area contributed by atoms with Gasteiger partial charge < -0.3 is 5.73 Å². The molecule has 2 aliphatic carbocycles. The molecule has 0 saturated heterocycles. The van der Waals surface area contributed by atoms with Gasteiger partial charge in [0.15, 0.2) is 0 Å². The first-order valence-electron chi connectivity index (χ1n) is 6.83. The van der Waals surface area contributed by atoms with Gasteiger partial charge in [-0.25, -0.2) is 0 Å². The Morgan fingerprint density at radius 2 is 1.82 bits per heavy atom. The van der Waals surface area contributed by atoms with Crippen molar-refractivity contribution in [1.82, 2.24) is 0 Å². The van der Waals surface area contributed by atoms with Gasteiger partial charge in [-0.15, -0.1) is 0 Å². The van der Waals surface area contributed by atoms with Gasteiger partial charge in [0.1, 0.15) is 0 Å². The molecule has 0 radical (unpaired) electrons. The molecule has 17 heavy (non-hydrogen) atoms. The first-order valence-corrected chi connectivity index (χ1v) is 7.78. The van der Waals surface area contributed by atoms with Crippen molar-refractivity contribution in [2.45, 2.75) is 55.1 Å². The third kappa shape index (κ3) is 2.38. The molecule has 1 saturated carbocycles. The first kappa shape index (κ1) is 11.6. The van der Waals surface area contributed by atoms with E-state index in [2.05, 4.69) is 36.0 Å². The number of rotatable bonds is 2. The van der Waals surface area contributed by atoms with Gasteiger partial charge in [0.2, 0.25) is 0 Å². The molecule has 2 unspecified atom stereocenters. The lowest BCUT2D eigenvalue weighted by Crippen LogP contribution is -2.23. The van der Waals surface area contributed by atoms with E-state index in [1.54, 1.807) is 0 Å². The fraction of sp³-hybridized carbons (Fsp3) is 0.600. The molecule has 0 aromatic heterocycles. The van der Waals surface area contributed by atoms with E-state index < -0.39 is 0 Å². The molecule has 1 aromatic rings. The Morgan fingerprint density at radius 1 is 1.06 bits per heavy atom. The highest BCUT2D eigenvalue weighted by atomic mass is 32.2. The van der Waals surface area contributed by atoms with Gasteiger partial charge in [0, 0.05) is 16.5 Å². The van der Waals surface area contributed by atoms with Crippen LogP contribution in [0.3, 0.4) is 0 Å². The van der Waals surface area contributed by atoms with Crippen LogP contribution in [0.2, 0.25) is 0 Å². The maximum absolute atomic E-state index is 6.39. The lowest BCUT2D eigenvalue weighted by Gasteiger charge is -2.26. The van der Waals surface area contributed by atoms with Crippen molar-refractivity contribution in [3.8, 4) is 0 Å². The maximum Gasteiger partial charge on any atom is 0.0421 e. The van der Waals surface area contributed by atoms with Crippen molar-refractivity contribution in [3.63, 3.8) is 0 Å². The largest absolute Gasteiger partial charge is 0.323 e. The summed E-state index contributed by atoms with van der Waals surface area (Å²) in [7, 11) is 0. The number of fused-ring (bicyclic) bond motifs is 1. The third-order valence-corrected chi connectivity index (χ3v) is 5.82. The summed E-state index contributed by atoms with van der Waals surface area (Å²) in [5, 5.41) is 1.49. The standard InChI is InChI=1S/C15H21NS/c16-15-13-9-5-4-6-11(13)10-14(15)17-12-7-2-1-3-8-12/h4-6,9,12,14-15H,1-3,7-8,10,16H2. The van der Waals surface area contributed by atoms with Gasteiger partial charge in [-0.3, -0.25) is 0 Å². The number of thioether (sulfide) groups is 1. The summed E-state index contributed by atoms with van der Waals surface area (Å²) in [6.07, 6.45) is 8.28. The predicted octanol–water partition coefficient (Wildman–Crippen LogP) is 3.68. The molecule has 2 aliphatic rings. The Balaban J connectivity index is 1.67. The molecule has 92 valence electrons. The first-order chi connectivity index (χ1) is 8.34. The molecule has 0 bridgehead atoms. The summed E-state index contributed by atoms with van der Waals surface area (Å²) < 4.78 is 0. The molecule has 0 heterocycles. The molecule has 0 amide bonds. The molecule has 1 aromatic carbocycles. The number of hydrogen-bond donors (Lipinski definition) is 1. The Hall–Kier alpha value is -0.470. The second kappa shape index (κ2) is 5.03. The highest BCUT2D eigenvalue weighted by molar-refractivity contribution is 8.00. The second-order valence-corrected chi connectivity index (χ2v) is 6.91. The Bertz CT molecular complexity index is 384. The molecular formula is C15H21NS. The van der Waals surface area contributed by atoms with Gasteiger partial charge >= 0.3 is 0 Å². The maximum atomic E-state index is 6.39. The van der Waals surface area contributed by atoms with Gasteiger partial charge in [0.25, 0.3) is 0 Å². The quantitative estimate of drug-likeness (QED) is 0.863. The van der Waals surface area contributed by atoms with Crippen molar-refractivity contribution in [2.24, 2.45) is 5.73 Å². The molecule has 3 rings (SSSR count). The average molecular weight is 247 g/mol. The molecule has 0 aliphatic heterocycles. The minimum atomic E-state index is 0.262. The van der Waals surface area contributed by atoms with Crippen LogP contribution < -0.4 is 5.73 Å². The smallest absolute Gasteiger partial charge is 0.0421 e. The Kier molecular flexibility index (Phi) is 3.44. The van der Waals surface area contributed by atoms with Crippen LogP contribution in [-0.4, -0.2) is 10.5 Å². The Morgan fingerprint density at radius 3 is 2.59 bits per heavy atom. The lowest BCUT2D eigenvalue weighted by atomic mass is 10.0. The van der Waals surface area contributed by atoms with Crippen LogP contribution in [0.5, 0.6) is 0 Å². The molecule has 2 atom stereocenters. The van der Waals surface area contributed by atoms with Crippen molar-refractivity contribution in [2.75, 3.05) is 0 Å². The van der Waals surface area contributed by atoms with E-state index in [1.165, 1.54) is 49.7 Å². The predicted molar refractivity (Wildman–Crippen MR) is 75.3 cm³/mol. The number of nitrogens with two attached hydrogens (primary N) is 1. The molecule has 1 nitrogen and oxygen atoms in total. The molecule has 2 N–H and O–H groups in total. The Labute approximate surface area is 108 Å². The van der Waals surface area contributed by atoms with E-state index in [4.69, 9.17) is 5.73 Å². The zero-order valence-corrected chi connectivity index (χ0v) is 11.1. The fourth-order valence-corrected chi connectivity index (χ4v) is 4.86. The summed E-state index contributed by atoms with van der Waals surface area (Å²) >= 11 is 2.17. The van der Waals surface area contributed by atoms with Crippen LogP contribution in [0.15, 0.2) is 24.3 Å². The van der Waals surface area contributed by atoms with Gasteiger partial charge in [-0.1, -0.05) is 43.5 Å². The molecule has 2 heteroatoms. The van der Waals surface area contributed by atoms with E-state index in [1.807, 2.05) is 0 Å². The van der Waals surface area contributed by atoms with Crippen LogP contribution in [0.1, 0.15) is 49.3 Å². The van der Waals surface area contributed by atoms with Crippen molar-refractivity contribution >= 4 is 11.8 Å². The molecule has 0 spiro atoms. The highest BCUT2D eigenvalue weighted by Gasteiger charge is 2.31. The van der Waals surface area contributed by atoms with E-state index in [9.17, 15) is 0 Å². The summed E-state index contributed by atoms with van der Waals surface area (Å²) in [6.45, 7) is 0. The van der Waals surface area contributed by atoms with Gasteiger partial charge in [-0.2, -0.15) is 11.8 Å². The zero-order valence-electron chi connectivity index (χ0n) is 10.3. The zero-order chi connectivity index (χ0) is 11.7. The van der Waals surface area contributed by atoms with E-state index in [-0.39, 0.29) is 6.04 Å². The van der Waals surface area contributed by atoms with Crippen LogP contribution >= 0.6 is 11.8 Å². The summed E-state index contributed by atoms with van der Waals surface area (Å²) in [4.78, 5) is 0. The minimum Gasteiger partial charge on any atom is -0.323 e. The molecule has 1 fully saturated rings. The monoisotopic (exact) mass is 247 g/mol. The summed E-state index contributed by atoms with van der Waals surface area (Å²) in [5.41, 5.74) is 9.26. The van der Waals surface area contributed by atoms with Crippen molar-refractivity contribution in [3.05, 3.63) is 35.4 Å². The third-order valence-electron chi connectivity index (χ3n) is 4.16. The fourth-order valence-electron chi connectivity index (χ4n) is 3.17.